The van der Waals surface area contributed by atoms with Gasteiger partial charge < -0.3 is 10.6 Å². The fourth-order valence-corrected chi connectivity index (χ4v) is 2.23. The van der Waals surface area contributed by atoms with Gasteiger partial charge in [-0.2, -0.15) is 0 Å². The molecule has 0 spiro atoms. The van der Waals surface area contributed by atoms with Crippen LogP contribution in [0.3, 0.4) is 0 Å². The fourth-order valence-electron chi connectivity index (χ4n) is 2.23. The third-order valence-electron chi connectivity index (χ3n) is 3.20. The first-order chi connectivity index (χ1) is 9.26. The summed E-state index contributed by atoms with van der Waals surface area (Å²) >= 11 is 0. The van der Waals surface area contributed by atoms with Crippen LogP contribution in [0, 0.1) is 5.82 Å². The van der Waals surface area contributed by atoms with Gasteiger partial charge in [0.1, 0.15) is 5.82 Å². The topological polar surface area (TPSA) is 29.3 Å². The Labute approximate surface area is 113 Å². The summed E-state index contributed by atoms with van der Waals surface area (Å²) in [5.41, 5.74) is 8.34. The van der Waals surface area contributed by atoms with Crippen molar-refractivity contribution in [2.45, 2.75) is 20.0 Å². The number of nitrogens with two attached hydrogens (primary N) is 1. The number of rotatable bonds is 5. The van der Waals surface area contributed by atoms with Crippen molar-refractivity contribution in [2.75, 3.05) is 11.4 Å². The van der Waals surface area contributed by atoms with Gasteiger partial charge in [0.15, 0.2) is 0 Å². The van der Waals surface area contributed by atoms with E-state index < -0.39 is 0 Å². The fraction of sp³-hybridized carbons (Fsp3) is 0.250. The van der Waals surface area contributed by atoms with E-state index >= 15 is 0 Å². The summed E-state index contributed by atoms with van der Waals surface area (Å²) in [6, 6.07) is 15.1. The molecule has 0 saturated heterocycles. The molecule has 0 aliphatic heterocycles. The molecule has 0 fully saturated rings. The van der Waals surface area contributed by atoms with Crippen molar-refractivity contribution in [2.24, 2.45) is 5.73 Å². The van der Waals surface area contributed by atoms with E-state index in [1.807, 2.05) is 48.2 Å². The summed E-state index contributed by atoms with van der Waals surface area (Å²) in [6.45, 7) is 3.79. The van der Waals surface area contributed by atoms with Gasteiger partial charge in [-0.1, -0.05) is 42.5 Å². The highest BCUT2D eigenvalue weighted by atomic mass is 19.1. The Hall–Kier alpha value is -1.87. The van der Waals surface area contributed by atoms with Crippen molar-refractivity contribution < 1.29 is 4.39 Å². The van der Waals surface area contributed by atoms with Crippen LogP contribution >= 0.6 is 0 Å². The molecule has 0 saturated carbocycles. The molecule has 0 atom stereocenters. The number of hydrogen-bond acceptors (Lipinski definition) is 2. The number of para-hydroxylation sites is 1. The van der Waals surface area contributed by atoms with Gasteiger partial charge in [0, 0.05) is 19.6 Å². The van der Waals surface area contributed by atoms with Gasteiger partial charge in [0.2, 0.25) is 0 Å². The monoisotopic (exact) mass is 258 g/mol. The lowest BCUT2D eigenvalue weighted by atomic mass is 10.1. The lowest BCUT2D eigenvalue weighted by molar-refractivity contribution is 0.615. The van der Waals surface area contributed by atoms with Gasteiger partial charge in [0.25, 0.3) is 0 Å². The predicted molar refractivity (Wildman–Crippen MR) is 77.5 cm³/mol. The number of nitrogens with zero attached hydrogens (tertiary/aromatic N) is 1. The first-order valence-corrected chi connectivity index (χ1v) is 6.52. The summed E-state index contributed by atoms with van der Waals surface area (Å²) in [6.07, 6.45) is 0. The minimum atomic E-state index is -0.208. The van der Waals surface area contributed by atoms with Gasteiger partial charge >= 0.3 is 0 Å². The van der Waals surface area contributed by atoms with Crippen molar-refractivity contribution in [1.29, 1.82) is 0 Å². The van der Waals surface area contributed by atoms with E-state index in [-0.39, 0.29) is 5.82 Å². The van der Waals surface area contributed by atoms with Gasteiger partial charge in [0.05, 0.1) is 5.69 Å². The Morgan fingerprint density at radius 3 is 2.42 bits per heavy atom. The summed E-state index contributed by atoms with van der Waals surface area (Å²) in [4.78, 5) is 2.02. The molecule has 0 aliphatic carbocycles. The standard InChI is InChI=1S/C16H19FN2/c1-2-19(12-13-7-4-3-5-8-13)16-14(11-18)9-6-10-15(16)17/h3-10H,2,11-12,18H2,1H3. The smallest absolute Gasteiger partial charge is 0.146 e. The molecular formula is C16H19FN2. The van der Waals surface area contributed by atoms with Crippen molar-refractivity contribution >= 4 is 5.69 Å². The molecule has 19 heavy (non-hydrogen) atoms. The van der Waals surface area contributed by atoms with E-state index in [1.54, 1.807) is 6.07 Å². The summed E-state index contributed by atoms with van der Waals surface area (Å²) in [5, 5.41) is 0. The van der Waals surface area contributed by atoms with E-state index in [0.29, 0.717) is 18.8 Å². The van der Waals surface area contributed by atoms with Gasteiger partial charge in [-0.15, -0.1) is 0 Å². The highest BCUT2D eigenvalue weighted by Crippen LogP contribution is 2.25. The van der Waals surface area contributed by atoms with Crippen LogP contribution in [0.2, 0.25) is 0 Å². The van der Waals surface area contributed by atoms with Crippen molar-refractivity contribution in [3.8, 4) is 0 Å². The molecule has 0 aromatic heterocycles. The Bertz CT molecular complexity index is 526. The molecular weight excluding hydrogens is 239 g/mol. The molecule has 2 nitrogen and oxygen atoms in total. The molecule has 0 aliphatic rings. The summed E-state index contributed by atoms with van der Waals surface area (Å²) in [5.74, 6) is -0.208. The normalized spacial score (nSPS) is 10.5. The molecule has 0 radical (unpaired) electrons. The number of benzene rings is 2. The molecule has 2 aromatic rings. The Kier molecular flexibility index (Phi) is 4.53. The second kappa shape index (κ2) is 6.34. The maximum Gasteiger partial charge on any atom is 0.146 e. The molecule has 2 rings (SSSR count). The van der Waals surface area contributed by atoms with Gasteiger partial charge in [-0.05, 0) is 24.1 Å². The van der Waals surface area contributed by atoms with Crippen LogP contribution in [0.1, 0.15) is 18.1 Å². The molecule has 0 amide bonds. The number of hydrogen-bond donors (Lipinski definition) is 1. The van der Waals surface area contributed by atoms with Crippen molar-refractivity contribution in [3.05, 3.63) is 65.5 Å². The molecule has 3 heteroatoms. The van der Waals surface area contributed by atoms with Crippen LogP contribution in [-0.2, 0) is 13.1 Å². The van der Waals surface area contributed by atoms with Gasteiger partial charge in [-0.25, -0.2) is 4.39 Å². The maximum absolute atomic E-state index is 14.1. The van der Waals surface area contributed by atoms with Gasteiger partial charge in [-0.3, -0.25) is 0 Å². The molecule has 2 aromatic carbocycles. The van der Waals surface area contributed by atoms with Crippen molar-refractivity contribution in [3.63, 3.8) is 0 Å². The predicted octanol–water partition coefficient (Wildman–Crippen LogP) is 3.31. The van der Waals surface area contributed by atoms with Crippen LogP contribution in [0.4, 0.5) is 10.1 Å². The van der Waals surface area contributed by atoms with E-state index in [4.69, 9.17) is 5.73 Å². The molecule has 0 unspecified atom stereocenters. The third-order valence-corrected chi connectivity index (χ3v) is 3.20. The van der Waals surface area contributed by atoms with E-state index in [2.05, 4.69) is 0 Å². The molecule has 2 N–H and O–H groups in total. The minimum absolute atomic E-state index is 0.208. The second-order valence-electron chi connectivity index (χ2n) is 4.45. The van der Waals surface area contributed by atoms with E-state index in [1.165, 1.54) is 6.07 Å². The zero-order valence-electron chi connectivity index (χ0n) is 11.1. The number of anilines is 1. The quantitative estimate of drug-likeness (QED) is 0.891. The van der Waals surface area contributed by atoms with Crippen LogP contribution in [-0.4, -0.2) is 6.54 Å². The highest BCUT2D eigenvalue weighted by molar-refractivity contribution is 5.55. The number of halogens is 1. The Morgan fingerprint density at radius 2 is 1.79 bits per heavy atom. The summed E-state index contributed by atoms with van der Waals surface area (Å²) in [7, 11) is 0. The van der Waals surface area contributed by atoms with Crippen LogP contribution < -0.4 is 10.6 Å². The zero-order valence-corrected chi connectivity index (χ0v) is 11.1. The van der Waals surface area contributed by atoms with Crippen molar-refractivity contribution in [1.82, 2.24) is 0 Å². The Balaban J connectivity index is 2.32. The van der Waals surface area contributed by atoms with Crippen LogP contribution in [0.5, 0.6) is 0 Å². The minimum Gasteiger partial charge on any atom is -0.365 e. The molecule has 0 bridgehead atoms. The van der Waals surface area contributed by atoms with Crippen LogP contribution in [0.25, 0.3) is 0 Å². The van der Waals surface area contributed by atoms with E-state index in [0.717, 1.165) is 17.7 Å². The second-order valence-corrected chi connectivity index (χ2v) is 4.45. The average molecular weight is 258 g/mol. The first-order valence-electron chi connectivity index (χ1n) is 6.52. The average Bonchev–Trinajstić information content (AvgIpc) is 2.46. The first kappa shape index (κ1) is 13.6. The zero-order chi connectivity index (χ0) is 13.7. The lowest BCUT2D eigenvalue weighted by Gasteiger charge is -2.26. The Morgan fingerprint density at radius 1 is 1.05 bits per heavy atom. The lowest BCUT2D eigenvalue weighted by Crippen LogP contribution is -2.25. The summed E-state index contributed by atoms with van der Waals surface area (Å²) < 4.78 is 14.1. The SMILES string of the molecule is CCN(Cc1ccccc1)c1c(F)cccc1CN. The highest BCUT2D eigenvalue weighted by Gasteiger charge is 2.14. The van der Waals surface area contributed by atoms with Crippen LogP contribution in [0.15, 0.2) is 48.5 Å². The largest absolute Gasteiger partial charge is 0.365 e. The molecule has 100 valence electrons. The maximum atomic E-state index is 14.1. The molecule has 0 heterocycles. The third kappa shape index (κ3) is 3.12. The van der Waals surface area contributed by atoms with E-state index in [9.17, 15) is 4.39 Å².